The summed E-state index contributed by atoms with van der Waals surface area (Å²) in [4.78, 5) is 14.3. The number of rotatable bonds is 7. The summed E-state index contributed by atoms with van der Waals surface area (Å²) in [6.45, 7) is 0. The Morgan fingerprint density at radius 3 is 2.56 bits per heavy atom. The number of nitrogens with one attached hydrogen (secondary N) is 2. The lowest BCUT2D eigenvalue weighted by molar-refractivity contribution is -0.137. The van der Waals surface area contributed by atoms with E-state index < -0.39 is 28.5 Å². The molecule has 0 aromatic heterocycles. The van der Waals surface area contributed by atoms with Crippen molar-refractivity contribution in [2.45, 2.75) is 17.4 Å². The van der Waals surface area contributed by atoms with Gasteiger partial charge in [-0.2, -0.15) is 5.26 Å². The molecule has 0 bridgehead atoms. The number of carboxylic acid groups (broad SMARTS) is 1. The number of aliphatic carboxylic acids is 1. The number of benzene rings is 2. The molecular formula is C17H17N5O4S. The molecule has 0 aliphatic heterocycles. The Morgan fingerprint density at radius 1 is 1.22 bits per heavy atom. The quantitative estimate of drug-likeness (QED) is 0.317. The second-order valence-electron chi connectivity index (χ2n) is 5.43. The van der Waals surface area contributed by atoms with E-state index in [2.05, 4.69) is 15.0 Å². The molecule has 9 nitrogen and oxygen atoms in total. The molecule has 0 radical (unpaired) electrons. The van der Waals surface area contributed by atoms with Gasteiger partial charge in [0.1, 0.15) is 0 Å². The molecule has 10 heteroatoms. The summed E-state index contributed by atoms with van der Waals surface area (Å²) in [6, 6.07) is 13.2. The number of nitrogens with two attached hydrogens (primary N) is 1. The third kappa shape index (κ3) is 5.81. The van der Waals surface area contributed by atoms with Gasteiger partial charge < -0.3 is 16.2 Å². The van der Waals surface area contributed by atoms with Gasteiger partial charge in [0.2, 0.25) is 22.2 Å². The highest BCUT2D eigenvalue weighted by molar-refractivity contribution is 7.89. The fraction of sp³-hybridized carbons (Fsp3) is 0.118. The molecule has 0 heterocycles. The van der Waals surface area contributed by atoms with Crippen LogP contribution < -0.4 is 15.8 Å². The first-order valence-corrected chi connectivity index (χ1v) is 9.18. The predicted molar refractivity (Wildman–Crippen MR) is 99.1 cm³/mol. The van der Waals surface area contributed by atoms with E-state index in [1.165, 1.54) is 24.4 Å². The van der Waals surface area contributed by atoms with E-state index in [-0.39, 0.29) is 10.9 Å². The van der Waals surface area contributed by atoms with E-state index in [1.54, 1.807) is 36.4 Å². The fourth-order valence-electron chi connectivity index (χ4n) is 2.31. The third-order valence-corrected chi connectivity index (χ3v) is 4.93. The van der Waals surface area contributed by atoms with Crippen LogP contribution in [-0.2, 0) is 14.8 Å². The summed E-state index contributed by atoms with van der Waals surface area (Å²) in [5.74, 6) is -1.32. The summed E-state index contributed by atoms with van der Waals surface area (Å²) in [5.41, 5.74) is 6.31. The number of nitrogens with zero attached hydrogens (tertiary/aromatic N) is 2. The molecule has 0 fully saturated rings. The lowest BCUT2D eigenvalue weighted by Crippen LogP contribution is -2.30. The maximum Gasteiger partial charge on any atom is 0.305 e. The second kappa shape index (κ2) is 8.79. The fourth-order valence-corrected chi connectivity index (χ4v) is 3.58. The Balaban J connectivity index is 2.30. The van der Waals surface area contributed by atoms with E-state index >= 15 is 0 Å². The summed E-state index contributed by atoms with van der Waals surface area (Å²) >= 11 is 0. The van der Waals surface area contributed by atoms with Crippen LogP contribution in [0, 0.1) is 11.5 Å². The van der Waals surface area contributed by atoms with Crippen LogP contribution in [0.2, 0.25) is 0 Å². The molecule has 27 heavy (non-hydrogen) atoms. The first kappa shape index (κ1) is 19.9. The van der Waals surface area contributed by atoms with Gasteiger partial charge >= 0.3 is 5.97 Å². The van der Waals surface area contributed by atoms with Gasteiger partial charge in [0.25, 0.3) is 0 Å². The first-order valence-electron chi connectivity index (χ1n) is 7.70. The number of nitriles is 1. The molecule has 1 unspecified atom stereocenters. The molecule has 2 aromatic rings. The van der Waals surface area contributed by atoms with E-state index in [9.17, 15) is 13.2 Å². The minimum absolute atomic E-state index is 0.0939. The van der Waals surface area contributed by atoms with Gasteiger partial charge in [0.05, 0.1) is 17.4 Å². The molecule has 140 valence electrons. The molecule has 0 aliphatic rings. The van der Waals surface area contributed by atoms with Gasteiger partial charge in [-0.1, -0.05) is 36.4 Å². The van der Waals surface area contributed by atoms with Gasteiger partial charge in [-0.05, 0) is 23.8 Å². The van der Waals surface area contributed by atoms with Gasteiger partial charge in [0, 0.05) is 5.69 Å². The molecule has 0 saturated carbocycles. The van der Waals surface area contributed by atoms with Crippen LogP contribution in [0.1, 0.15) is 18.0 Å². The molecular weight excluding hydrogens is 370 g/mol. The Hall–Kier alpha value is -3.42. The van der Waals surface area contributed by atoms with Crippen molar-refractivity contribution in [3.05, 3.63) is 60.2 Å². The smallest absolute Gasteiger partial charge is 0.305 e. The molecule has 0 saturated heterocycles. The second-order valence-corrected chi connectivity index (χ2v) is 7.15. The summed E-state index contributed by atoms with van der Waals surface area (Å²) in [6.07, 6.45) is 1.10. The first-order chi connectivity index (χ1) is 12.8. The van der Waals surface area contributed by atoms with E-state index in [4.69, 9.17) is 16.1 Å². The maximum absolute atomic E-state index is 12.7. The normalized spacial score (nSPS) is 12.8. The molecule has 5 N–H and O–H groups in total. The highest BCUT2D eigenvalue weighted by atomic mass is 32.2. The zero-order valence-corrected chi connectivity index (χ0v) is 14.8. The summed E-state index contributed by atoms with van der Waals surface area (Å²) in [5, 5.41) is 20.2. The molecule has 2 aromatic carbocycles. The molecule has 0 aliphatic carbocycles. The number of carbonyl (C=O) groups is 1. The number of carboxylic acids is 1. The zero-order valence-electron chi connectivity index (χ0n) is 14.0. The van der Waals surface area contributed by atoms with Gasteiger partial charge in [0.15, 0.2) is 0 Å². The lowest BCUT2D eigenvalue weighted by Gasteiger charge is -2.18. The van der Waals surface area contributed by atoms with Crippen LogP contribution in [-0.4, -0.2) is 25.5 Å². The topological polar surface area (TPSA) is 158 Å². The molecule has 2 rings (SSSR count). The maximum atomic E-state index is 12.7. The van der Waals surface area contributed by atoms with E-state index in [0.717, 1.165) is 0 Å². The average molecular weight is 387 g/mol. The lowest BCUT2D eigenvalue weighted by atomic mass is 10.1. The van der Waals surface area contributed by atoms with Crippen molar-refractivity contribution in [3.8, 4) is 6.19 Å². The van der Waals surface area contributed by atoms with Gasteiger partial charge in [-0.15, -0.1) is 4.99 Å². The standard InChI is InChI=1S/C17H17N5O4S/c18-11-20-17(19)21-13-7-4-8-14(9-13)27(25,26)22-15(10-16(23)24)12-5-2-1-3-6-12/h1-9,15,22H,10H2,(H,23,24)(H3,19,20,21). The van der Waals surface area contributed by atoms with Crippen molar-refractivity contribution in [1.82, 2.24) is 4.72 Å². The van der Waals surface area contributed by atoms with Crippen LogP contribution in [0.5, 0.6) is 0 Å². The van der Waals surface area contributed by atoms with Crippen molar-refractivity contribution in [2.24, 2.45) is 10.7 Å². The molecule has 1 atom stereocenters. The largest absolute Gasteiger partial charge is 0.481 e. The summed E-state index contributed by atoms with van der Waals surface area (Å²) < 4.78 is 27.8. The number of guanidine groups is 1. The molecule has 0 spiro atoms. The van der Waals surface area contributed by atoms with Crippen LogP contribution in [0.15, 0.2) is 64.5 Å². The Bertz CT molecular complexity index is 984. The van der Waals surface area contributed by atoms with Gasteiger partial charge in [-0.25, -0.2) is 13.1 Å². The predicted octanol–water partition coefficient (Wildman–Crippen LogP) is 1.39. The van der Waals surface area contributed by atoms with Crippen molar-refractivity contribution >= 4 is 27.6 Å². The van der Waals surface area contributed by atoms with Crippen LogP contribution in [0.4, 0.5) is 5.69 Å². The highest BCUT2D eigenvalue weighted by Crippen LogP contribution is 2.22. The monoisotopic (exact) mass is 387 g/mol. The minimum atomic E-state index is -4.02. The third-order valence-electron chi connectivity index (χ3n) is 3.47. The number of aliphatic imine (C=N–C) groups is 1. The Morgan fingerprint density at radius 2 is 1.93 bits per heavy atom. The Labute approximate surface area is 156 Å². The SMILES string of the molecule is N#C/N=C(/N)Nc1cccc(S(=O)(=O)NC(CC(=O)O)c2ccccc2)c1. The van der Waals surface area contributed by atoms with Crippen molar-refractivity contribution in [3.63, 3.8) is 0 Å². The zero-order chi connectivity index (χ0) is 19.9. The number of sulfonamides is 1. The molecule has 0 amide bonds. The number of hydrogen-bond acceptors (Lipinski definition) is 5. The van der Waals surface area contributed by atoms with Gasteiger partial charge in [-0.3, -0.25) is 4.79 Å². The Kier molecular flexibility index (Phi) is 6.48. The van der Waals surface area contributed by atoms with Crippen molar-refractivity contribution in [1.29, 1.82) is 5.26 Å². The number of anilines is 1. The van der Waals surface area contributed by atoms with Crippen LogP contribution >= 0.6 is 0 Å². The van der Waals surface area contributed by atoms with Crippen LogP contribution in [0.3, 0.4) is 0 Å². The van der Waals surface area contributed by atoms with Crippen LogP contribution in [0.25, 0.3) is 0 Å². The summed E-state index contributed by atoms with van der Waals surface area (Å²) in [7, 11) is -4.02. The average Bonchev–Trinajstić information content (AvgIpc) is 2.62. The number of hydrogen-bond donors (Lipinski definition) is 4. The van der Waals surface area contributed by atoms with E-state index in [1.807, 2.05) is 0 Å². The highest BCUT2D eigenvalue weighted by Gasteiger charge is 2.23. The van der Waals surface area contributed by atoms with E-state index in [0.29, 0.717) is 11.3 Å². The van der Waals surface area contributed by atoms with Crippen molar-refractivity contribution < 1.29 is 18.3 Å². The minimum Gasteiger partial charge on any atom is -0.481 e. The van der Waals surface area contributed by atoms with Crippen molar-refractivity contribution in [2.75, 3.05) is 5.32 Å².